The lowest BCUT2D eigenvalue weighted by molar-refractivity contribution is 0.122. The number of nitrogens with one attached hydrogen (secondary N) is 1. The summed E-state index contributed by atoms with van der Waals surface area (Å²) >= 11 is 0. The van der Waals surface area contributed by atoms with Crippen molar-refractivity contribution in [2.45, 2.75) is 19.4 Å². The first-order valence-corrected chi connectivity index (χ1v) is 8.52. The Labute approximate surface area is 187 Å². The second-order valence-corrected chi connectivity index (χ2v) is 6.08. The first-order chi connectivity index (χ1) is 18.7. The summed E-state index contributed by atoms with van der Waals surface area (Å²) in [6.45, 7) is -14.8. The lowest BCUT2D eigenvalue weighted by atomic mass is 10.2. The smallest absolute Gasteiger partial charge is 0.230 e. The predicted molar refractivity (Wildman–Crippen MR) is 105 cm³/mol. The van der Waals surface area contributed by atoms with E-state index in [2.05, 4.69) is 35.0 Å². The van der Waals surface area contributed by atoms with Gasteiger partial charge in [0, 0.05) is 36.3 Å². The first-order valence-electron chi connectivity index (χ1n) is 14.0. The first kappa shape index (κ1) is 10.7. The molecule has 1 aliphatic rings. The number of ether oxygens (including phenoxy) is 1. The van der Waals surface area contributed by atoms with Crippen LogP contribution in [0.25, 0.3) is 0 Å². The molecule has 0 saturated carbocycles. The van der Waals surface area contributed by atoms with Crippen molar-refractivity contribution in [3.8, 4) is 0 Å². The summed E-state index contributed by atoms with van der Waals surface area (Å²) in [6.07, 6.45) is 2.63. The van der Waals surface area contributed by atoms with Crippen molar-refractivity contribution in [3.63, 3.8) is 0 Å². The highest BCUT2D eigenvalue weighted by Gasteiger charge is 2.20. The van der Waals surface area contributed by atoms with Crippen molar-refractivity contribution in [3.05, 3.63) is 53.6 Å². The third-order valence-electron chi connectivity index (χ3n) is 3.85. The Hall–Kier alpha value is -3.21. The monoisotopic (exact) mass is 427 g/mol. The number of rotatable bonds is 6. The molecule has 9 nitrogen and oxygen atoms in total. The summed E-state index contributed by atoms with van der Waals surface area (Å²) in [5.41, 5.74) is -0.154. The van der Waals surface area contributed by atoms with Crippen LogP contribution >= 0.6 is 0 Å². The van der Waals surface area contributed by atoms with Gasteiger partial charge < -0.3 is 19.5 Å². The molecule has 0 radical (unpaired) electrons. The van der Waals surface area contributed by atoms with Gasteiger partial charge >= 0.3 is 0 Å². The largest absolute Gasteiger partial charge is 0.378 e. The molecule has 30 heavy (non-hydrogen) atoms. The van der Waals surface area contributed by atoms with E-state index in [1.807, 2.05) is 0 Å². The number of aromatic nitrogens is 6. The minimum atomic E-state index is -3.41. The molecule has 3 aromatic heterocycles. The fourth-order valence-corrected chi connectivity index (χ4v) is 2.56. The molecule has 1 N–H and O–H groups in total. The van der Waals surface area contributed by atoms with Gasteiger partial charge in [-0.15, -0.1) is 0 Å². The molecular weight excluding hydrogens is 394 g/mol. The van der Waals surface area contributed by atoms with E-state index in [9.17, 15) is 8.78 Å². The number of hydrogen-bond acceptors (Lipinski definition) is 8. The maximum atomic E-state index is 14.4. The highest BCUT2D eigenvalue weighted by molar-refractivity contribution is 5.39. The molecule has 0 amide bonds. The minimum Gasteiger partial charge on any atom is -0.378 e. The fourth-order valence-electron chi connectivity index (χ4n) is 2.56. The molecule has 158 valence electrons. The van der Waals surface area contributed by atoms with E-state index >= 15 is 0 Å². The fraction of sp³-hybridized carbons (Fsp3) is 0.421. The number of halogens is 2. The van der Waals surface area contributed by atoms with E-state index in [4.69, 9.17) is 15.1 Å². The molecule has 3 aromatic rings. The summed E-state index contributed by atoms with van der Waals surface area (Å²) < 4.78 is 121. The number of nitrogens with zero attached hydrogens (tertiary/aromatic N) is 7. The molecule has 1 fully saturated rings. The van der Waals surface area contributed by atoms with Crippen molar-refractivity contribution >= 4 is 11.9 Å². The normalized spacial score (nSPS) is 27.8. The molecule has 0 bridgehead atoms. The number of hydrogen-bond donors (Lipinski definition) is 1. The third kappa shape index (κ3) is 4.67. The molecular formula is C19H22F2N8O. The number of morpholine rings is 1. The molecule has 1 atom stereocenters. The second-order valence-electron chi connectivity index (χ2n) is 6.08. The lowest BCUT2D eigenvalue weighted by Crippen LogP contribution is -2.37. The van der Waals surface area contributed by atoms with Crippen LogP contribution in [0.15, 0.2) is 24.8 Å². The van der Waals surface area contributed by atoms with Gasteiger partial charge in [-0.3, -0.25) is 4.98 Å². The maximum Gasteiger partial charge on any atom is 0.230 e. The van der Waals surface area contributed by atoms with Crippen molar-refractivity contribution in [1.29, 1.82) is 0 Å². The summed E-state index contributed by atoms with van der Waals surface area (Å²) in [5.74, 6) is -3.51. The van der Waals surface area contributed by atoms with E-state index in [1.54, 1.807) is 0 Å². The highest BCUT2D eigenvalue weighted by Crippen LogP contribution is 2.21. The Morgan fingerprint density at radius 3 is 2.83 bits per heavy atom. The Kier molecular flexibility index (Phi) is 3.09. The van der Waals surface area contributed by atoms with Crippen LogP contribution in [0.2, 0.25) is 0 Å². The maximum absolute atomic E-state index is 14.4. The summed E-state index contributed by atoms with van der Waals surface area (Å²) in [4.78, 5) is 19.8. The van der Waals surface area contributed by atoms with Crippen LogP contribution in [-0.4, -0.2) is 55.6 Å². The average molecular weight is 428 g/mol. The second kappa shape index (κ2) is 8.66. The van der Waals surface area contributed by atoms with Gasteiger partial charge in [-0.25, -0.2) is 13.8 Å². The third-order valence-corrected chi connectivity index (χ3v) is 3.85. The van der Waals surface area contributed by atoms with E-state index in [-0.39, 0.29) is 28.5 Å². The van der Waals surface area contributed by atoms with Gasteiger partial charge in [-0.1, -0.05) is 0 Å². The number of anilines is 2. The SMILES string of the molecule is [2H]C([2H])([2H])n1cnc(Cc2nc(NC(C)c3ncc(F)cc3F)nc(N3C([2H])([2H])C([2H])([2H])OC([2H])([2H])C3([2H])[2H])n2)c1. The molecule has 0 spiro atoms. The van der Waals surface area contributed by atoms with Gasteiger partial charge in [0.25, 0.3) is 0 Å². The van der Waals surface area contributed by atoms with Crippen LogP contribution in [0.5, 0.6) is 0 Å². The molecule has 4 rings (SSSR count). The van der Waals surface area contributed by atoms with Gasteiger partial charge in [0.1, 0.15) is 17.5 Å². The molecule has 1 aliphatic heterocycles. The Morgan fingerprint density at radius 2 is 2.10 bits per heavy atom. The quantitative estimate of drug-likeness (QED) is 0.637. The molecule has 1 saturated heterocycles. The van der Waals surface area contributed by atoms with Gasteiger partial charge in [0.2, 0.25) is 11.9 Å². The summed E-state index contributed by atoms with van der Waals surface area (Å²) in [7, 11) is 0. The summed E-state index contributed by atoms with van der Waals surface area (Å²) in [6, 6.07) is -0.461. The van der Waals surface area contributed by atoms with Crippen molar-refractivity contribution in [1.82, 2.24) is 29.5 Å². The zero-order chi connectivity index (χ0) is 30.8. The molecule has 0 aromatic carbocycles. The topological polar surface area (TPSA) is 93.9 Å². The van der Waals surface area contributed by atoms with Crippen LogP contribution in [0.1, 0.15) is 45.3 Å². The van der Waals surface area contributed by atoms with Crippen LogP contribution in [0.4, 0.5) is 20.7 Å². The number of pyridine rings is 1. The van der Waals surface area contributed by atoms with E-state index in [1.165, 1.54) is 6.92 Å². The van der Waals surface area contributed by atoms with Gasteiger partial charge in [0.15, 0.2) is 0 Å². The highest BCUT2D eigenvalue weighted by atomic mass is 19.1. The predicted octanol–water partition coefficient (Wildman–Crippen LogP) is 1.88. The van der Waals surface area contributed by atoms with Gasteiger partial charge in [-0.2, -0.15) is 15.0 Å². The number of imidazole rings is 1. The lowest BCUT2D eigenvalue weighted by Gasteiger charge is -2.27. The van der Waals surface area contributed by atoms with Crippen LogP contribution in [0, 0.1) is 11.6 Å². The average Bonchev–Trinajstić information content (AvgIpc) is 3.26. The van der Waals surface area contributed by atoms with Crippen molar-refractivity contribution in [2.75, 3.05) is 36.3 Å². The summed E-state index contributed by atoms with van der Waals surface area (Å²) in [5, 5.41) is 2.66. The molecule has 0 aliphatic carbocycles. The van der Waals surface area contributed by atoms with E-state index in [0.29, 0.717) is 6.07 Å². The minimum absolute atomic E-state index is 0.0300. The molecule has 4 heterocycles. The van der Waals surface area contributed by atoms with Crippen molar-refractivity contribution in [2.24, 2.45) is 6.98 Å². The van der Waals surface area contributed by atoms with Crippen LogP contribution in [-0.2, 0) is 18.1 Å². The zero-order valence-electron chi connectivity index (χ0n) is 26.4. The van der Waals surface area contributed by atoms with Crippen LogP contribution in [0.3, 0.4) is 0 Å². The van der Waals surface area contributed by atoms with E-state index in [0.717, 1.165) is 23.3 Å². The molecule has 11 heteroatoms. The van der Waals surface area contributed by atoms with Gasteiger partial charge in [0.05, 0.1) is 60.5 Å². The van der Waals surface area contributed by atoms with Crippen molar-refractivity contribution < 1.29 is 28.6 Å². The van der Waals surface area contributed by atoms with Gasteiger partial charge in [-0.05, 0) is 6.92 Å². The number of aryl methyl sites for hydroxylation is 1. The Bertz CT molecular complexity index is 1430. The van der Waals surface area contributed by atoms with E-state index < -0.39 is 62.7 Å². The standard InChI is InChI=1S/C19H22F2N8O/c1-12(17-15(21)7-13(20)9-22-17)24-18-25-16(8-14-10-28(2)11-23-14)26-19(27-18)29-3-5-30-6-4-29/h7,9-12H,3-6,8H2,1-2H3,(H,24,25,26,27)/i2D3,3D2,4D2,5D2,6D2. The zero-order valence-corrected chi connectivity index (χ0v) is 15.4. The van der Waals surface area contributed by atoms with Crippen LogP contribution < -0.4 is 10.2 Å². The molecule has 1 unspecified atom stereocenters. The Balaban J connectivity index is 1.83. The Morgan fingerprint density at radius 1 is 1.27 bits per heavy atom.